The molecular formula is C20H27N3O2S. The third kappa shape index (κ3) is 4.43. The number of benzene rings is 1. The summed E-state index contributed by atoms with van der Waals surface area (Å²) in [5, 5.41) is 4.94. The summed E-state index contributed by atoms with van der Waals surface area (Å²) in [5.74, 6) is 0. The summed E-state index contributed by atoms with van der Waals surface area (Å²) in [6.07, 6.45) is 3.28. The summed E-state index contributed by atoms with van der Waals surface area (Å²) in [4.78, 5) is 17.6. The van der Waals surface area contributed by atoms with Crippen molar-refractivity contribution < 1.29 is 4.74 Å². The number of hydrogen-bond donors (Lipinski definition) is 2. The molecule has 26 heavy (non-hydrogen) atoms. The first-order valence-corrected chi connectivity index (χ1v) is 9.80. The largest absolute Gasteiger partial charge is 0.376 e. The highest BCUT2D eigenvalue weighted by Crippen LogP contribution is 2.17. The maximum atomic E-state index is 12.6. The van der Waals surface area contributed by atoms with Crippen LogP contribution in [0.25, 0.3) is 10.9 Å². The van der Waals surface area contributed by atoms with Crippen molar-refractivity contribution in [3.63, 3.8) is 0 Å². The highest BCUT2D eigenvalue weighted by Gasteiger charge is 2.21. The number of fused-ring (bicyclic) bond motifs is 1. The van der Waals surface area contributed by atoms with Gasteiger partial charge in [0.2, 0.25) is 0 Å². The third-order valence-electron chi connectivity index (χ3n) is 4.82. The Hall–Kier alpha value is -1.92. The van der Waals surface area contributed by atoms with Crippen molar-refractivity contribution in [2.45, 2.75) is 45.8 Å². The molecule has 2 N–H and O–H groups in total. The lowest BCUT2D eigenvalue weighted by Crippen LogP contribution is -2.43. The van der Waals surface area contributed by atoms with Crippen molar-refractivity contribution in [1.82, 2.24) is 15.2 Å². The Morgan fingerprint density at radius 3 is 2.92 bits per heavy atom. The summed E-state index contributed by atoms with van der Waals surface area (Å²) in [6.45, 7) is 6.90. The van der Waals surface area contributed by atoms with Crippen LogP contribution in [0.2, 0.25) is 0 Å². The number of nitrogens with one attached hydrogen (secondary N) is 2. The zero-order chi connectivity index (χ0) is 18.5. The number of ether oxygens (including phenoxy) is 1. The number of aromatic amines is 1. The van der Waals surface area contributed by atoms with Gasteiger partial charge in [-0.2, -0.15) is 0 Å². The second-order valence-corrected chi connectivity index (χ2v) is 7.14. The molecule has 0 amide bonds. The van der Waals surface area contributed by atoms with E-state index in [-0.39, 0.29) is 11.7 Å². The maximum absolute atomic E-state index is 12.6. The molecule has 1 aliphatic rings. The normalized spacial score (nSPS) is 16.8. The molecule has 0 bridgehead atoms. The molecule has 6 heteroatoms. The monoisotopic (exact) mass is 373 g/mol. The first-order valence-electron chi connectivity index (χ1n) is 9.40. The van der Waals surface area contributed by atoms with Gasteiger partial charge in [0, 0.05) is 30.8 Å². The number of aryl methyl sites for hydroxylation is 1. The number of rotatable bonds is 6. The number of H-pyrrole nitrogens is 1. The van der Waals surface area contributed by atoms with Crippen molar-refractivity contribution in [1.29, 1.82) is 0 Å². The van der Waals surface area contributed by atoms with Crippen LogP contribution >= 0.6 is 12.2 Å². The molecule has 1 aromatic carbocycles. The van der Waals surface area contributed by atoms with E-state index >= 15 is 0 Å². The van der Waals surface area contributed by atoms with Gasteiger partial charge in [0.1, 0.15) is 0 Å². The molecule has 0 spiro atoms. The fourth-order valence-electron chi connectivity index (χ4n) is 3.36. The zero-order valence-corrected chi connectivity index (χ0v) is 16.3. The maximum Gasteiger partial charge on any atom is 0.253 e. The van der Waals surface area contributed by atoms with Gasteiger partial charge < -0.3 is 19.9 Å². The van der Waals surface area contributed by atoms with Crippen LogP contribution in [-0.4, -0.2) is 40.8 Å². The van der Waals surface area contributed by atoms with Gasteiger partial charge in [-0.3, -0.25) is 4.79 Å². The van der Waals surface area contributed by atoms with Gasteiger partial charge in [-0.05, 0) is 67.6 Å². The first-order chi connectivity index (χ1) is 12.6. The quantitative estimate of drug-likeness (QED) is 0.763. The molecule has 0 saturated carbocycles. The minimum atomic E-state index is -0.0570. The minimum absolute atomic E-state index is 0.0570. The van der Waals surface area contributed by atoms with Gasteiger partial charge >= 0.3 is 0 Å². The molecule has 5 nitrogen and oxygen atoms in total. The molecule has 0 unspecified atom stereocenters. The summed E-state index contributed by atoms with van der Waals surface area (Å²) >= 11 is 5.53. The molecule has 1 atom stereocenters. The lowest BCUT2D eigenvalue weighted by molar-refractivity contribution is 0.0897. The number of aromatic nitrogens is 1. The smallest absolute Gasteiger partial charge is 0.253 e. The Kier molecular flexibility index (Phi) is 6.27. The van der Waals surface area contributed by atoms with E-state index in [1.165, 1.54) is 5.56 Å². The number of hydrogen-bond acceptors (Lipinski definition) is 3. The molecule has 1 fully saturated rings. The molecular weight excluding hydrogens is 346 g/mol. The molecule has 3 rings (SSSR count). The predicted molar refractivity (Wildman–Crippen MR) is 110 cm³/mol. The molecule has 0 aliphatic carbocycles. The number of thiocarbonyl (C=S) groups is 1. The SMILES string of the molecule is CCNC(=S)N(Cc1cc2cc(CC)ccc2[nH]c1=O)C[C@@H]1CCCO1. The van der Waals surface area contributed by atoms with Gasteiger partial charge in [0.15, 0.2) is 5.11 Å². The molecule has 0 radical (unpaired) electrons. The van der Waals surface area contributed by atoms with Crippen molar-refractivity contribution in [3.8, 4) is 0 Å². The highest BCUT2D eigenvalue weighted by atomic mass is 32.1. The third-order valence-corrected chi connectivity index (χ3v) is 5.22. The standard InChI is InChI=1S/C20H27N3O2S/c1-3-14-7-8-18-15(10-14)11-16(19(24)22-18)12-23(20(26)21-4-2)13-17-6-5-9-25-17/h7-8,10-11,17H,3-6,9,12-13H2,1-2H3,(H,21,26)(H,22,24)/t17-/m0/s1. The van der Waals surface area contributed by atoms with Crippen molar-refractivity contribution in [2.24, 2.45) is 0 Å². The Labute approximate surface area is 159 Å². The first kappa shape index (κ1) is 18.9. The zero-order valence-electron chi connectivity index (χ0n) is 15.5. The van der Waals surface area contributed by atoms with Crippen LogP contribution in [0.1, 0.15) is 37.8 Å². The summed E-state index contributed by atoms with van der Waals surface area (Å²) in [5.41, 5.74) is 2.80. The van der Waals surface area contributed by atoms with Crippen molar-refractivity contribution in [2.75, 3.05) is 19.7 Å². The second kappa shape index (κ2) is 8.64. The van der Waals surface area contributed by atoms with E-state index < -0.39 is 0 Å². The Morgan fingerprint density at radius 2 is 2.23 bits per heavy atom. The van der Waals surface area contributed by atoms with E-state index in [0.29, 0.717) is 18.2 Å². The van der Waals surface area contributed by atoms with Gasteiger partial charge in [-0.25, -0.2) is 0 Å². The van der Waals surface area contributed by atoms with Crippen LogP contribution in [0, 0.1) is 0 Å². The topological polar surface area (TPSA) is 57.4 Å². The predicted octanol–water partition coefficient (Wildman–Crippen LogP) is 2.97. The summed E-state index contributed by atoms with van der Waals surface area (Å²) in [6, 6.07) is 8.17. The molecule has 1 aromatic heterocycles. The van der Waals surface area contributed by atoms with E-state index in [1.54, 1.807) is 0 Å². The van der Waals surface area contributed by atoms with Crippen LogP contribution in [0.4, 0.5) is 0 Å². The van der Waals surface area contributed by atoms with Crippen LogP contribution in [0.3, 0.4) is 0 Å². The van der Waals surface area contributed by atoms with E-state index in [2.05, 4.69) is 34.3 Å². The Balaban J connectivity index is 1.87. The van der Waals surface area contributed by atoms with Crippen LogP contribution < -0.4 is 10.9 Å². The highest BCUT2D eigenvalue weighted by molar-refractivity contribution is 7.80. The minimum Gasteiger partial charge on any atom is -0.376 e. The van der Waals surface area contributed by atoms with Gasteiger partial charge in [-0.15, -0.1) is 0 Å². The summed E-state index contributed by atoms with van der Waals surface area (Å²) < 4.78 is 5.77. The molecule has 1 saturated heterocycles. The lowest BCUT2D eigenvalue weighted by atomic mass is 10.1. The van der Waals surface area contributed by atoms with Crippen molar-refractivity contribution in [3.05, 3.63) is 45.7 Å². The van der Waals surface area contributed by atoms with Gasteiger partial charge in [-0.1, -0.05) is 13.0 Å². The second-order valence-electron chi connectivity index (χ2n) is 6.75. The fourth-order valence-corrected chi connectivity index (χ4v) is 3.64. The van der Waals surface area contributed by atoms with Crippen LogP contribution in [0.15, 0.2) is 29.1 Å². The molecule has 2 heterocycles. The average molecular weight is 374 g/mol. The van der Waals surface area contributed by atoms with E-state index in [9.17, 15) is 4.79 Å². The van der Waals surface area contributed by atoms with Crippen LogP contribution in [0.5, 0.6) is 0 Å². The summed E-state index contributed by atoms with van der Waals surface area (Å²) in [7, 11) is 0. The van der Waals surface area contributed by atoms with E-state index in [4.69, 9.17) is 17.0 Å². The van der Waals surface area contributed by atoms with E-state index in [1.807, 2.05) is 19.1 Å². The van der Waals surface area contributed by atoms with Crippen LogP contribution in [-0.2, 0) is 17.7 Å². The molecule has 1 aliphatic heterocycles. The lowest BCUT2D eigenvalue weighted by Gasteiger charge is -2.28. The molecule has 140 valence electrons. The van der Waals surface area contributed by atoms with Crippen molar-refractivity contribution >= 4 is 28.2 Å². The Bertz CT molecular complexity index is 827. The van der Waals surface area contributed by atoms with Gasteiger partial charge in [0.25, 0.3) is 5.56 Å². The van der Waals surface area contributed by atoms with Gasteiger partial charge in [0.05, 0.1) is 12.6 Å². The fraction of sp³-hybridized carbons (Fsp3) is 0.500. The number of nitrogens with zero attached hydrogens (tertiary/aromatic N) is 1. The molecule has 2 aromatic rings. The number of pyridine rings is 1. The van der Waals surface area contributed by atoms with E-state index in [0.717, 1.165) is 48.9 Å². The Morgan fingerprint density at radius 1 is 1.38 bits per heavy atom. The average Bonchev–Trinajstić information content (AvgIpc) is 3.14.